The smallest absolute Gasteiger partial charge is 0.310 e. The van der Waals surface area contributed by atoms with Gasteiger partial charge in [-0.15, -0.1) is 0 Å². The number of rotatable bonds is 2. The van der Waals surface area contributed by atoms with Crippen molar-refractivity contribution < 1.29 is 14.3 Å². The lowest BCUT2D eigenvalue weighted by Gasteiger charge is -2.27. The van der Waals surface area contributed by atoms with E-state index in [1.807, 2.05) is 13.0 Å². The summed E-state index contributed by atoms with van der Waals surface area (Å²) in [5, 5.41) is 3.57. The Balaban J connectivity index is 1.61. The number of nitrogens with one attached hydrogen (secondary N) is 1. The lowest BCUT2D eigenvalue weighted by Crippen LogP contribution is -2.40. The van der Waals surface area contributed by atoms with Gasteiger partial charge in [0.15, 0.2) is 0 Å². The van der Waals surface area contributed by atoms with E-state index in [0.29, 0.717) is 10.7 Å². The third-order valence-corrected chi connectivity index (χ3v) is 6.96. The van der Waals surface area contributed by atoms with Gasteiger partial charge in [-0.25, -0.2) is 0 Å². The summed E-state index contributed by atoms with van der Waals surface area (Å²) in [6, 6.07) is 5.42. The monoisotopic (exact) mass is 383 g/mol. The predicted octanol–water partition coefficient (Wildman–Crippen LogP) is 3.16. The summed E-state index contributed by atoms with van der Waals surface area (Å²) in [4.78, 5) is 24.9. The van der Waals surface area contributed by atoms with Crippen LogP contribution < -0.4 is 5.32 Å². The van der Waals surface area contributed by atoms with E-state index in [0.717, 1.165) is 12.0 Å². The van der Waals surface area contributed by atoms with Crippen molar-refractivity contribution in [1.82, 2.24) is 0 Å². The van der Waals surface area contributed by atoms with Crippen molar-refractivity contribution in [2.75, 3.05) is 5.32 Å². The minimum absolute atomic E-state index is 0.0561. The highest BCUT2D eigenvalue weighted by atomic mass is 79.9. The Morgan fingerprint density at radius 3 is 2.95 bits per heavy atom. The van der Waals surface area contributed by atoms with Crippen LogP contribution in [0.1, 0.15) is 12.0 Å². The molecule has 1 heterocycles. The fourth-order valence-corrected chi connectivity index (χ4v) is 5.51. The second-order valence-electron chi connectivity index (χ2n) is 6.36. The fourth-order valence-electron chi connectivity index (χ4n) is 4.29. The molecule has 0 spiro atoms. The summed E-state index contributed by atoms with van der Waals surface area (Å²) >= 11 is 9.71. The Kier molecular flexibility index (Phi) is 3.28. The maximum Gasteiger partial charge on any atom is 0.310 e. The topological polar surface area (TPSA) is 55.4 Å². The number of ether oxygens (including phenoxy) is 1. The fraction of sp³-hybridized carbons (Fsp3) is 0.500. The molecule has 2 bridgehead atoms. The molecule has 2 saturated carbocycles. The molecule has 6 atom stereocenters. The minimum Gasteiger partial charge on any atom is -0.461 e. The molecular weight excluding hydrogens is 370 g/mol. The van der Waals surface area contributed by atoms with Crippen LogP contribution in [0.2, 0.25) is 5.02 Å². The Bertz CT molecular complexity index is 679. The summed E-state index contributed by atoms with van der Waals surface area (Å²) < 4.78 is 5.44. The van der Waals surface area contributed by atoms with Gasteiger partial charge in [0, 0.05) is 16.6 Å². The minimum atomic E-state index is -0.320. The molecule has 2 aliphatic carbocycles. The zero-order chi connectivity index (χ0) is 15.6. The van der Waals surface area contributed by atoms with E-state index in [1.165, 1.54) is 0 Å². The van der Waals surface area contributed by atoms with Crippen molar-refractivity contribution in [2.24, 2.45) is 23.7 Å². The van der Waals surface area contributed by atoms with E-state index < -0.39 is 0 Å². The second-order valence-corrected chi connectivity index (χ2v) is 7.83. The first kappa shape index (κ1) is 14.5. The van der Waals surface area contributed by atoms with Crippen molar-refractivity contribution >= 4 is 45.1 Å². The van der Waals surface area contributed by atoms with Crippen LogP contribution in [0.15, 0.2) is 18.2 Å². The molecule has 4 rings (SSSR count). The van der Waals surface area contributed by atoms with Gasteiger partial charge in [0.1, 0.15) is 6.10 Å². The van der Waals surface area contributed by atoms with Crippen molar-refractivity contribution in [2.45, 2.75) is 24.3 Å². The highest BCUT2D eigenvalue weighted by molar-refractivity contribution is 9.09. The van der Waals surface area contributed by atoms with E-state index in [1.54, 1.807) is 12.1 Å². The average Bonchev–Trinajstić information content (AvgIpc) is 3.08. The Morgan fingerprint density at radius 2 is 2.18 bits per heavy atom. The van der Waals surface area contributed by atoms with Crippen molar-refractivity contribution in [1.29, 1.82) is 0 Å². The third-order valence-electron chi connectivity index (χ3n) is 5.35. The summed E-state index contributed by atoms with van der Waals surface area (Å²) in [6.45, 7) is 1.87. The highest BCUT2D eigenvalue weighted by Crippen LogP contribution is 2.60. The maximum absolute atomic E-state index is 12.8. The standard InChI is InChI=1S/C16H15BrClNO3/c1-6-9(18)3-2-4-10(6)19-15(20)11-7-5-8-12(11)16(21)22-14(8)13(7)17/h2-4,7-8,11-14H,5H2,1H3,(H,19,20)/t7-,8-,11-,12+,13-,14+/m1/s1. The third kappa shape index (κ3) is 1.88. The number of halogens is 2. The number of carbonyl (C=O) groups excluding carboxylic acids is 2. The van der Waals surface area contributed by atoms with Crippen LogP contribution in [0.3, 0.4) is 0 Å². The lowest BCUT2D eigenvalue weighted by molar-refractivity contribution is -0.145. The van der Waals surface area contributed by atoms with E-state index >= 15 is 0 Å². The first-order valence-electron chi connectivity index (χ1n) is 7.39. The van der Waals surface area contributed by atoms with Gasteiger partial charge in [-0.05, 0) is 37.0 Å². The van der Waals surface area contributed by atoms with Crippen LogP contribution in [0.25, 0.3) is 0 Å². The number of alkyl halides is 1. The highest BCUT2D eigenvalue weighted by Gasteiger charge is 2.67. The van der Waals surface area contributed by atoms with Gasteiger partial charge in [0.05, 0.1) is 16.7 Å². The molecule has 0 unspecified atom stereocenters. The number of benzene rings is 1. The van der Waals surface area contributed by atoms with Gasteiger partial charge < -0.3 is 10.1 Å². The molecular formula is C16H15BrClNO3. The SMILES string of the molecule is Cc1c(Cl)cccc1NC(=O)[C@@H]1[C@H]2C[C@H]3[C@H](OC(=O)[C@@H]31)[C@@H]2Br. The molecule has 22 heavy (non-hydrogen) atoms. The molecule has 0 aromatic heterocycles. The zero-order valence-corrected chi connectivity index (χ0v) is 14.2. The summed E-state index contributed by atoms with van der Waals surface area (Å²) in [5.41, 5.74) is 1.54. The van der Waals surface area contributed by atoms with Gasteiger partial charge in [0.25, 0.3) is 0 Å². The van der Waals surface area contributed by atoms with Crippen LogP contribution in [0.5, 0.6) is 0 Å². The molecule has 1 amide bonds. The predicted molar refractivity (Wildman–Crippen MR) is 86.0 cm³/mol. The van der Waals surface area contributed by atoms with E-state index in [4.69, 9.17) is 16.3 Å². The number of amides is 1. The Labute approximate surface area is 141 Å². The average molecular weight is 385 g/mol. The van der Waals surface area contributed by atoms with E-state index in [9.17, 15) is 9.59 Å². The van der Waals surface area contributed by atoms with Crippen molar-refractivity contribution in [3.05, 3.63) is 28.8 Å². The first-order valence-corrected chi connectivity index (χ1v) is 8.69. The second kappa shape index (κ2) is 4.96. The van der Waals surface area contributed by atoms with Gasteiger partial charge in [0.2, 0.25) is 5.91 Å². The molecule has 1 aromatic rings. The van der Waals surface area contributed by atoms with Gasteiger partial charge in [-0.2, -0.15) is 0 Å². The zero-order valence-electron chi connectivity index (χ0n) is 11.9. The van der Waals surface area contributed by atoms with Crippen molar-refractivity contribution in [3.63, 3.8) is 0 Å². The summed E-state index contributed by atoms with van der Waals surface area (Å²) in [6.07, 6.45) is 0.823. The molecule has 1 aliphatic heterocycles. The number of hydrogen-bond donors (Lipinski definition) is 1. The van der Waals surface area contributed by atoms with Crippen LogP contribution in [-0.2, 0) is 14.3 Å². The van der Waals surface area contributed by atoms with Crippen molar-refractivity contribution in [3.8, 4) is 0 Å². The molecule has 4 nitrogen and oxygen atoms in total. The van der Waals surface area contributed by atoms with Gasteiger partial charge >= 0.3 is 5.97 Å². The molecule has 0 radical (unpaired) electrons. The molecule has 1 aromatic carbocycles. The van der Waals surface area contributed by atoms with Crippen LogP contribution in [-0.4, -0.2) is 22.8 Å². The maximum atomic E-state index is 12.8. The number of carbonyl (C=O) groups is 2. The number of anilines is 1. The van der Waals surface area contributed by atoms with Crippen LogP contribution >= 0.6 is 27.5 Å². The Hall–Kier alpha value is -1.07. The number of esters is 1. The molecule has 1 N–H and O–H groups in total. The van der Waals surface area contributed by atoms with E-state index in [2.05, 4.69) is 21.2 Å². The number of hydrogen-bond acceptors (Lipinski definition) is 3. The summed E-state index contributed by atoms with van der Waals surface area (Å²) in [7, 11) is 0. The van der Waals surface area contributed by atoms with E-state index in [-0.39, 0.29) is 46.5 Å². The number of fused-ring (bicyclic) bond motifs is 1. The molecule has 1 saturated heterocycles. The summed E-state index contributed by atoms with van der Waals surface area (Å²) in [5.74, 6) is -0.599. The first-order chi connectivity index (χ1) is 10.5. The Morgan fingerprint density at radius 1 is 1.41 bits per heavy atom. The normalized spacial score (nSPS) is 38.2. The van der Waals surface area contributed by atoms with Crippen LogP contribution in [0, 0.1) is 30.6 Å². The van der Waals surface area contributed by atoms with Gasteiger partial charge in [-0.3, -0.25) is 9.59 Å². The molecule has 3 aliphatic rings. The molecule has 3 fully saturated rings. The van der Waals surface area contributed by atoms with Crippen LogP contribution in [0.4, 0.5) is 5.69 Å². The van der Waals surface area contributed by atoms with Gasteiger partial charge in [-0.1, -0.05) is 33.6 Å². The molecule has 116 valence electrons. The lowest BCUT2D eigenvalue weighted by atomic mass is 9.79. The quantitative estimate of drug-likeness (QED) is 0.629. The largest absolute Gasteiger partial charge is 0.461 e. The molecule has 6 heteroatoms.